The van der Waals surface area contributed by atoms with Crippen LogP contribution in [0.5, 0.6) is 0 Å². The highest BCUT2D eigenvalue weighted by Crippen LogP contribution is 2.30. The third-order valence-corrected chi connectivity index (χ3v) is 3.93. The van der Waals surface area contributed by atoms with Crippen LogP contribution in [0, 0.1) is 17.5 Å². The summed E-state index contributed by atoms with van der Waals surface area (Å²) in [4.78, 5) is 12.4. The molecule has 1 heterocycles. The number of amides is 1. The number of anilines is 1. The lowest BCUT2D eigenvalue weighted by molar-refractivity contribution is -0.115. The van der Waals surface area contributed by atoms with Crippen LogP contribution in [-0.4, -0.2) is 16.1 Å². The van der Waals surface area contributed by atoms with Crippen LogP contribution in [0.4, 0.5) is 18.9 Å². The third-order valence-electron chi connectivity index (χ3n) is 3.93. The van der Waals surface area contributed by atoms with E-state index in [4.69, 9.17) is 0 Å². The van der Waals surface area contributed by atoms with E-state index in [1.54, 1.807) is 0 Å². The Balaban J connectivity index is 1.86. The SMILES string of the molecule is CCc1[nH]nc(-c2ccc(F)c(F)c2)c1NC(=O)Cc1ccc(F)cc1. The van der Waals surface area contributed by atoms with Crippen LogP contribution in [0.1, 0.15) is 18.2 Å². The van der Waals surface area contributed by atoms with Gasteiger partial charge in [0.1, 0.15) is 11.5 Å². The predicted molar refractivity (Wildman–Crippen MR) is 92.1 cm³/mol. The molecule has 3 aromatic rings. The fourth-order valence-electron chi connectivity index (χ4n) is 2.59. The second kappa shape index (κ2) is 7.43. The van der Waals surface area contributed by atoms with Crippen LogP contribution in [0.3, 0.4) is 0 Å². The van der Waals surface area contributed by atoms with E-state index < -0.39 is 11.6 Å². The average Bonchev–Trinajstić information content (AvgIpc) is 3.02. The molecule has 0 radical (unpaired) electrons. The average molecular weight is 359 g/mol. The van der Waals surface area contributed by atoms with Crippen molar-refractivity contribution in [2.45, 2.75) is 19.8 Å². The van der Waals surface area contributed by atoms with Crippen LogP contribution in [0.25, 0.3) is 11.3 Å². The molecule has 0 aliphatic heterocycles. The summed E-state index contributed by atoms with van der Waals surface area (Å²) < 4.78 is 39.7. The first-order chi connectivity index (χ1) is 12.5. The molecule has 0 unspecified atom stereocenters. The van der Waals surface area contributed by atoms with Crippen molar-refractivity contribution in [3.05, 3.63) is 71.2 Å². The van der Waals surface area contributed by atoms with E-state index in [1.165, 1.54) is 30.3 Å². The van der Waals surface area contributed by atoms with E-state index in [9.17, 15) is 18.0 Å². The maximum atomic E-state index is 13.5. The van der Waals surface area contributed by atoms with Gasteiger partial charge in [0.15, 0.2) is 11.6 Å². The first-order valence-electron chi connectivity index (χ1n) is 8.05. The number of rotatable bonds is 5. The van der Waals surface area contributed by atoms with E-state index in [0.29, 0.717) is 34.6 Å². The van der Waals surface area contributed by atoms with Gasteiger partial charge in [-0.1, -0.05) is 19.1 Å². The van der Waals surface area contributed by atoms with E-state index in [-0.39, 0.29) is 18.1 Å². The zero-order valence-corrected chi connectivity index (χ0v) is 13.9. The van der Waals surface area contributed by atoms with Gasteiger partial charge in [0.05, 0.1) is 17.8 Å². The van der Waals surface area contributed by atoms with E-state index in [0.717, 1.165) is 12.1 Å². The second-order valence-electron chi connectivity index (χ2n) is 5.76. The van der Waals surface area contributed by atoms with Crippen LogP contribution in [0.2, 0.25) is 0 Å². The van der Waals surface area contributed by atoms with Crippen molar-refractivity contribution in [1.29, 1.82) is 0 Å². The summed E-state index contributed by atoms with van der Waals surface area (Å²) in [6.45, 7) is 1.87. The Morgan fingerprint density at radius 1 is 1.08 bits per heavy atom. The lowest BCUT2D eigenvalue weighted by Gasteiger charge is -2.08. The molecule has 0 atom stereocenters. The van der Waals surface area contributed by atoms with Gasteiger partial charge in [-0.3, -0.25) is 9.89 Å². The molecule has 4 nitrogen and oxygen atoms in total. The van der Waals surface area contributed by atoms with Crippen LogP contribution >= 0.6 is 0 Å². The molecular weight excluding hydrogens is 343 g/mol. The monoisotopic (exact) mass is 359 g/mol. The summed E-state index contributed by atoms with van der Waals surface area (Å²) in [5.74, 6) is -2.65. The van der Waals surface area contributed by atoms with Crippen molar-refractivity contribution in [2.75, 3.05) is 5.32 Å². The molecule has 0 fully saturated rings. The largest absolute Gasteiger partial charge is 0.322 e. The van der Waals surface area contributed by atoms with Crippen molar-refractivity contribution in [2.24, 2.45) is 0 Å². The zero-order chi connectivity index (χ0) is 18.7. The Morgan fingerprint density at radius 3 is 2.46 bits per heavy atom. The fourth-order valence-corrected chi connectivity index (χ4v) is 2.59. The molecule has 3 rings (SSSR count). The number of hydrogen-bond donors (Lipinski definition) is 2. The molecule has 2 N–H and O–H groups in total. The highest BCUT2D eigenvalue weighted by Gasteiger charge is 2.18. The summed E-state index contributed by atoms with van der Waals surface area (Å²) in [6, 6.07) is 9.05. The van der Waals surface area contributed by atoms with Crippen molar-refractivity contribution in [3.8, 4) is 11.3 Å². The number of aromatic amines is 1. The molecule has 1 amide bonds. The smallest absolute Gasteiger partial charge is 0.228 e. The minimum atomic E-state index is -0.993. The molecule has 7 heteroatoms. The Kier molecular flexibility index (Phi) is 5.06. The Labute approximate surface area is 148 Å². The van der Waals surface area contributed by atoms with Crippen LogP contribution < -0.4 is 5.32 Å². The Morgan fingerprint density at radius 2 is 1.81 bits per heavy atom. The fraction of sp³-hybridized carbons (Fsp3) is 0.158. The van der Waals surface area contributed by atoms with Crippen molar-refractivity contribution in [3.63, 3.8) is 0 Å². The number of aromatic nitrogens is 2. The van der Waals surface area contributed by atoms with Gasteiger partial charge in [-0.15, -0.1) is 0 Å². The molecule has 2 aromatic carbocycles. The third kappa shape index (κ3) is 3.77. The summed E-state index contributed by atoms with van der Waals surface area (Å²) in [5.41, 5.74) is 2.41. The molecule has 0 aliphatic rings. The van der Waals surface area contributed by atoms with E-state index >= 15 is 0 Å². The summed E-state index contributed by atoms with van der Waals surface area (Å²) >= 11 is 0. The number of benzene rings is 2. The van der Waals surface area contributed by atoms with E-state index in [1.807, 2.05) is 6.92 Å². The van der Waals surface area contributed by atoms with Gasteiger partial charge in [0.25, 0.3) is 0 Å². The Hall–Kier alpha value is -3.09. The maximum Gasteiger partial charge on any atom is 0.228 e. The molecule has 0 saturated carbocycles. The molecule has 26 heavy (non-hydrogen) atoms. The second-order valence-corrected chi connectivity index (χ2v) is 5.76. The molecule has 0 saturated heterocycles. The number of H-pyrrole nitrogens is 1. The van der Waals surface area contributed by atoms with Gasteiger partial charge in [0.2, 0.25) is 5.91 Å². The first-order valence-corrected chi connectivity index (χ1v) is 8.05. The lowest BCUT2D eigenvalue weighted by atomic mass is 10.1. The molecule has 1 aromatic heterocycles. The van der Waals surface area contributed by atoms with Gasteiger partial charge in [0, 0.05) is 5.56 Å². The molecule has 0 spiro atoms. The topological polar surface area (TPSA) is 57.8 Å². The number of nitrogens with zero attached hydrogens (tertiary/aromatic N) is 1. The number of aryl methyl sites for hydroxylation is 1. The standard InChI is InChI=1S/C19H16F3N3O/c1-2-16-19(23-17(26)9-11-3-6-13(20)7-4-11)18(25-24-16)12-5-8-14(21)15(22)10-12/h3-8,10H,2,9H2,1H3,(H,23,26)(H,24,25). The first kappa shape index (κ1) is 17.7. The summed E-state index contributed by atoms with van der Waals surface area (Å²) in [7, 11) is 0. The number of halogens is 3. The molecule has 0 bridgehead atoms. The molecular formula is C19H16F3N3O. The zero-order valence-electron chi connectivity index (χ0n) is 13.9. The normalized spacial score (nSPS) is 10.8. The molecule has 0 aliphatic carbocycles. The summed E-state index contributed by atoms with van der Waals surface area (Å²) in [5, 5.41) is 9.69. The number of carbonyl (C=O) groups is 1. The van der Waals surface area contributed by atoms with Crippen molar-refractivity contribution in [1.82, 2.24) is 10.2 Å². The van der Waals surface area contributed by atoms with Gasteiger partial charge in [-0.05, 0) is 42.3 Å². The minimum Gasteiger partial charge on any atom is -0.322 e. The summed E-state index contributed by atoms with van der Waals surface area (Å²) in [6.07, 6.45) is 0.606. The van der Waals surface area contributed by atoms with Crippen molar-refractivity contribution >= 4 is 11.6 Å². The Bertz CT molecular complexity index is 936. The van der Waals surface area contributed by atoms with Crippen molar-refractivity contribution < 1.29 is 18.0 Å². The molecule has 134 valence electrons. The number of hydrogen-bond acceptors (Lipinski definition) is 2. The number of carbonyl (C=O) groups excluding carboxylic acids is 1. The lowest BCUT2D eigenvalue weighted by Crippen LogP contribution is -2.15. The van der Waals surface area contributed by atoms with Gasteiger partial charge < -0.3 is 5.32 Å². The van der Waals surface area contributed by atoms with Gasteiger partial charge in [-0.25, -0.2) is 13.2 Å². The minimum absolute atomic E-state index is 0.0475. The van der Waals surface area contributed by atoms with Gasteiger partial charge in [-0.2, -0.15) is 5.10 Å². The number of nitrogens with one attached hydrogen (secondary N) is 2. The highest BCUT2D eigenvalue weighted by atomic mass is 19.2. The van der Waals surface area contributed by atoms with Gasteiger partial charge >= 0.3 is 0 Å². The maximum absolute atomic E-state index is 13.5. The van der Waals surface area contributed by atoms with Crippen LogP contribution in [0.15, 0.2) is 42.5 Å². The predicted octanol–water partition coefficient (Wildman–Crippen LogP) is 4.24. The van der Waals surface area contributed by atoms with Crippen LogP contribution in [-0.2, 0) is 17.6 Å². The van der Waals surface area contributed by atoms with E-state index in [2.05, 4.69) is 15.5 Å². The quantitative estimate of drug-likeness (QED) is 0.716. The highest BCUT2D eigenvalue weighted by molar-refractivity contribution is 5.96.